The molecule has 4 rings (SSSR count). The second-order valence-electron chi connectivity index (χ2n) is 6.13. The van der Waals surface area contributed by atoms with Crippen molar-refractivity contribution in [1.82, 2.24) is 15.0 Å². The number of hydrogen-bond donors (Lipinski definition) is 0. The van der Waals surface area contributed by atoms with Gasteiger partial charge in [-0.3, -0.25) is 4.79 Å². The largest absolute Gasteiger partial charge is 0.472 e. The smallest absolute Gasteiger partial charge is 0.257 e. The molecular weight excluding hydrogens is 306 g/mol. The van der Waals surface area contributed by atoms with Crippen LogP contribution in [0.2, 0.25) is 0 Å². The van der Waals surface area contributed by atoms with Crippen molar-refractivity contribution >= 4 is 5.91 Å². The molecular formula is C18H17N3O3. The maximum Gasteiger partial charge on any atom is 0.257 e. The molecule has 1 aliphatic rings. The molecule has 1 aliphatic heterocycles. The van der Waals surface area contributed by atoms with Gasteiger partial charge in [-0.2, -0.15) is 4.98 Å². The highest BCUT2D eigenvalue weighted by atomic mass is 16.5. The summed E-state index contributed by atoms with van der Waals surface area (Å²) < 4.78 is 10.5. The molecule has 3 aromatic rings. The van der Waals surface area contributed by atoms with Crippen LogP contribution in [-0.2, 0) is 0 Å². The van der Waals surface area contributed by atoms with E-state index >= 15 is 0 Å². The van der Waals surface area contributed by atoms with Crippen LogP contribution in [-0.4, -0.2) is 34.0 Å². The van der Waals surface area contributed by atoms with Crippen molar-refractivity contribution in [3.63, 3.8) is 0 Å². The van der Waals surface area contributed by atoms with E-state index in [1.54, 1.807) is 6.07 Å². The van der Waals surface area contributed by atoms with Crippen molar-refractivity contribution in [2.24, 2.45) is 5.92 Å². The van der Waals surface area contributed by atoms with Gasteiger partial charge in [0.25, 0.3) is 5.91 Å². The van der Waals surface area contributed by atoms with Crippen molar-refractivity contribution in [2.45, 2.75) is 12.8 Å². The molecule has 0 saturated carbocycles. The molecule has 0 unspecified atom stereocenters. The van der Waals surface area contributed by atoms with Gasteiger partial charge in [0.2, 0.25) is 11.7 Å². The third-order valence-electron chi connectivity index (χ3n) is 4.46. The molecule has 1 fully saturated rings. The van der Waals surface area contributed by atoms with Crippen molar-refractivity contribution < 1.29 is 13.7 Å². The maximum atomic E-state index is 12.5. The summed E-state index contributed by atoms with van der Waals surface area (Å²) in [5, 5.41) is 4.08. The molecule has 0 N–H and O–H groups in total. The number of likely N-dealkylation sites (tertiary alicyclic amines) is 1. The summed E-state index contributed by atoms with van der Waals surface area (Å²) in [5.74, 6) is 1.44. The highest BCUT2D eigenvalue weighted by molar-refractivity contribution is 5.94. The van der Waals surface area contributed by atoms with E-state index < -0.39 is 0 Å². The van der Waals surface area contributed by atoms with Gasteiger partial charge in [0.15, 0.2) is 0 Å². The predicted octanol–water partition coefficient (Wildman–Crippen LogP) is 3.21. The Morgan fingerprint density at radius 3 is 2.79 bits per heavy atom. The Kier molecular flexibility index (Phi) is 3.65. The molecule has 6 nitrogen and oxygen atoms in total. The van der Waals surface area contributed by atoms with Gasteiger partial charge in [-0.1, -0.05) is 42.4 Å². The van der Waals surface area contributed by atoms with Crippen LogP contribution in [0.25, 0.3) is 11.4 Å². The van der Waals surface area contributed by atoms with E-state index in [2.05, 4.69) is 17.1 Å². The van der Waals surface area contributed by atoms with Crippen molar-refractivity contribution in [2.75, 3.05) is 13.1 Å². The summed E-state index contributed by atoms with van der Waals surface area (Å²) in [6.45, 7) is 3.33. The molecule has 6 heteroatoms. The Labute approximate surface area is 139 Å². The van der Waals surface area contributed by atoms with Crippen LogP contribution in [0.15, 0.2) is 57.9 Å². The number of rotatable bonds is 3. The summed E-state index contributed by atoms with van der Waals surface area (Å²) in [6.07, 6.45) is 2.98. The zero-order valence-corrected chi connectivity index (χ0v) is 13.3. The van der Waals surface area contributed by atoms with Crippen LogP contribution in [0.4, 0.5) is 0 Å². The number of hydrogen-bond acceptors (Lipinski definition) is 5. The average Bonchev–Trinajstić information content (AvgIpc) is 3.35. The SMILES string of the molecule is C[C@@H]1CN(C(=O)c2ccoc2)C[C@H]1c1nc(-c2ccccc2)no1. The lowest BCUT2D eigenvalue weighted by atomic mass is 9.98. The minimum atomic E-state index is -0.0269. The second-order valence-corrected chi connectivity index (χ2v) is 6.13. The lowest BCUT2D eigenvalue weighted by molar-refractivity contribution is 0.0785. The van der Waals surface area contributed by atoms with Gasteiger partial charge < -0.3 is 13.8 Å². The van der Waals surface area contributed by atoms with Gasteiger partial charge in [0, 0.05) is 18.7 Å². The number of amides is 1. The Morgan fingerprint density at radius 2 is 2.04 bits per heavy atom. The quantitative estimate of drug-likeness (QED) is 0.740. The fraction of sp³-hybridized carbons (Fsp3) is 0.278. The number of aromatic nitrogens is 2. The van der Waals surface area contributed by atoms with Crippen LogP contribution >= 0.6 is 0 Å². The molecule has 1 saturated heterocycles. The minimum Gasteiger partial charge on any atom is -0.472 e. The lowest BCUT2D eigenvalue weighted by Gasteiger charge is -2.14. The summed E-state index contributed by atoms with van der Waals surface area (Å²) in [4.78, 5) is 18.8. The van der Waals surface area contributed by atoms with Crippen molar-refractivity contribution in [1.29, 1.82) is 0 Å². The first-order chi connectivity index (χ1) is 11.7. The Hall–Kier alpha value is -2.89. The number of benzene rings is 1. The van der Waals surface area contributed by atoms with Gasteiger partial charge >= 0.3 is 0 Å². The van der Waals surface area contributed by atoms with Crippen LogP contribution in [0.5, 0.6) is 0 Å². The van der Waals surface area contributed by atoms with Gasteiger partial charge in [0.05, 0.1) is 17.7 Å². The molecule has 3 heterocycles. The summed E-state index contributed by atoms with van der Waals surface area (Å²) >= 11 is 0. The van der Waals surface area contributed by atoms with Gasteiger partial charge in [0.1, 0.15) is 6.26 Å². The fourth-order valence-electron chi connectivity index (χ4n) is 3.11. The zero-order valence-electron chi connectivity index (χ0n) is 13.3. The monoisotopic (exact) mass is 323 g/mol. The van der Waals surface area contributed by atoms with E-state index in [0.29, 0.717) is 30.4 Å². The first-order valence-corrected chi connectivity index (χ1v) is 7.93. The topological polar surface area (TPSA) is 72.4 Å². The summed E-state index contributed by atoms with van der Waals surface area (Å²) in [6, 6.07) is 11.4. The predicted molar refractivity (Wildman–Crippen MR) is 86.3 cm³/mol. The van der Waals surface area contributed by atoms with E-state index in [1.807, 2.05) is 35.2 Å². The molecule has 2 aromatic heterocycles. The molecule has 1 aromatic carbocycles. The molecule has 122 valence electrons. The molecule has 0 radical (unpaired) electrons. The normalized spacial score (nSPS) is 20.5. The summed E-state index contributed by atoms with van der Waals surface area (Å²) in [7, 11) is 0. The second kappa shape index (κ2) is 5.96. The third kappa shape index (κ3) is 2.60. The van der Waals surface area contributed by atoms with E-state index in [-0.39, 0.29) is 17.7 Å². The maximum absolute atomic E-state index is 12.5. The Morgan fingerprint density at radius 1 is 1.21 bits per heavy atom. The van der Waals surface area contributed by atoms with Crippen LogP contribution < -0.4 is 0 Å². The van der Waals surface area contributed by atoms with Crippen molar-refractivity contribution in [3.8, 4) is 11.4 Å². The van der Waals surface area contributed by atoms with Gasteiger partial charge in [-0.05, 0) is 12.0 Å². The van der Waals surface area contributed by atoms with E-state index in [9.17, 15) is 4.79 Å². The first kappa shape index (κ1) is 14.7. The highest BCUT2D eigenvalue weighted by Gasteiger charge is 2.37. The number of carbonyl (C=O) groups is 1. The first-order valence-electron chi connectivity index (χ1n) is 7.93. The fourth-order valence-corrected chi connectivity index (χ4v) is 3.11. The number of furan rings is 1. The lowest BCUT2D eigenvalue weighted by Crippen LogP contribution is -2.28. The highest BCUT2D eigenvalue weighted by Crippen LogP contribution is 2.33. The number of nitrogens with zero attached hydrogens (tertiary/aromatic N) is 3. The molecule has 0 bridgehead atoms. The van der Waals surface area contributed by atoms with Gasteiger partial charge in [-0.15, -0.1) is 0 Å². The van der Waals surface area contributed by atoms with Crippen LogP contribution in [0, 0.1) is 5.92 Å². The van der Waals surface area contributed by atoms with Crippen LogP contribution in [0.1, 0.15) is 29.1 Å². The average molecular weight is 323 g/mol. The van der Waals surface area contributed by atoms with E-state index in [4.69, 9.17) is 8.94 Å². The molecule has 0 spiro atoms. The van der Waals surface area contributed by atoms with Gasteiger partial charge in [-0.25, -0.2) is 0 Å². The third-order valence-corrected chi connectivity index (χ3v) is 4.46. The molecule has 0 aliphatic carbocycles. The Balaban J connectivity index is 1.53. The van der Waals surface area contributed by atoms with E-state index in [1.165, 1.54) is 12.5 Å². The standard InChI is InChI=1S/C18H17N3O3/c1-12-9-21(18(22)14-7-8-23-11-14)10-15(12)17-19-16(20-24-17)13-5-3-2-4-6-13/h2-8,11-12,15H,9-10H2,1H3/t12-,15-/m1/s1. The zero-order chi connectivity index (χ0) is 16.5. The van der Waals surface area contributed by atoms with E-state index in [0.717, 1.165) is 5.56 Å². The Bertz CT molecular complexity index is 826. The summed E-state index contributed by atoms with van der Waals surface area (Å²) in [5.41, 5.74) is 1.49. The minimum absolute atomic E-state index is 0.0269. The van der Waals surface area contributed by atoms with Crippen LogP contribution in [0.3, 0.4) is 0 Å². The van der Waals surface area contributed by atoms with Crippen molar-refractivity contribution in [3.05, 3.63) is 60.4 Å². The molecule has 2 atom stereocenters. The molecule has 1 amide bonds. The molecule has 24 heavy (non-hydrogen) atoms. The number of carbonyl (C=O) groups excluding carboxylic acids is 1.